The van der Waals surface area contributed by atoms with E-state index in [1.165, 1.54) is 5.56 Å². The van der Waals surface area contributed by atoms with Gasteiger partial charge in [-0.2, -0.15) is 13.2 Å². The normalized spacial score (nSPS) is 13.0. The summed E-state index contributed by atoms with van der Waals surface area (Å²) in [5, 5.41) is 9.53. The van der Waals surface area contributed by atoms with Crippen LogP contribution in [0.15, 0.2) is 42.5 Å². The Morgan fingerprint density at radius 2 is 1.46 bits per heavy atom. The summed E-state index contributed by atoms with van der Waals surface area (Å²) in [5.41, 5.74) is 2.42. The summed E-state index contributed by atoms with van der Waals surface area (Å²) in [6.45, 7) is 4.05. The first-order valence-corrected chi connectivity index (χ1v) is 8.20. The standard InChI is InChI=1S/C20H23F3O/c1-14(4-6-17-9-12-19(24)15(2)13-17)3-5-16-7-10-18(11-8-16)20(21,22)23/h7-14,24H,3-6H2,1-2H3. The van der Waals surface area contributed by atoms with E-state index < -0.39 is 11.7 Å². The van der Waals surface area contributed by atoms with E-state index in [0.29, 0.717) is 11.7 Å². The zero-order valence-corrected chi connectivity index (χ0v) is 14.0. The second kappa shape index (κ2) is 7.73. The minimum Gasteiger partial charge on any atom is -0.508 e. The van der Waals surface area contributed by atoms with Gasteiger partial charge in [0.15, 0.2) is 0 Å². The molecule has 0 aliphatic rings. The third kappa shape index (κ3) is 5.29. The van der Waals surface area contributed by atoms with E-state index in [-0.39, 0.29) is 0 Å². The number of rotatable bonds is 6. The Balaban J connectivity index is 1.80. The molecule has 1 unspecified atom stereocenters. The van der Waals surface area contributed by atoms with Crippen LogP contribution in [0.3, 0.4) is 0 Å². The summed E-state index contributed by atoms with van der Waals surface area (Å²) in [7, 11) is 0. The van der Waals surface area contributed by atoms with Crippen LogP contribution in [-0.4, -0.2) is 5.11 Å². The van der Waals surface area contributed by atoms with Crippen LogP contribution in [0.5, 0.6) is 5.75 Å². The molecule has 0 saturated carbocycles. The highest BCUT2D eigenvalue weighted by atomic mass is 19.4. The number of hydrogen-bond donors (Lipinski definition) is 1. The summed E-state index contributed by atoms with van der Waals surface area (Å²) >= 11 is 0. The maximum Gasteiger partial charge on any atom is 0.416 e. The zero-order chi connectivity index (χ0) is 17.7. The fourth-order valence-corrected chi connectivity index (χ4v) is 2.70. The summed E-state index contributed by atoms with van der Waals surface area (Å²) < 4.78 is 37.6. The van der Waals surface area contributed by atoms with Gasteiger partial charge in [-0.25, -0.2) is 0 Å². The molecule has 4 heteroatoms. The lowest BCUT2D eigenvalue weighted by molar-refractivity contribution is -0.137. The van der Waals surface area contributed by atoms with Crippen molar-refractivity contribution in [1.29, 1.82) is 0 Å². The van der Waals surface area contributed by atoms with Gasteiger partial charge in [-0.1, -0.05) is 31.2 Å². The summed E-state index contributed by atoms with van der Waals surface area (Å²) in [6.07, 6.45) is -0.579. The number of aryl methyl sites for hydroxylation is 3. The number of phenols is 1. The Hall–Kier alpha value is -1.97. The highest BCUT2D eigenvalue weighted by molar-refractivity contribution is 5.35. The van der Waals surface area contributed by atoms with E-state index in [2.05, 4.69) is 6.92 Å². The summed E-state index contributed by atoms with van der Waals surface area (Å²) in [4.78, 5) is 0. The predicted molar refractivity (Wildman–Crippen MR) is 90.1 cm³/mol. The van der Waals surface area contributed by atoms with Gasteiger partial charge in [-0.3, -0.25) is 0 Å². The molecule has 0 saturated heterocycles. The van der Waals surface area contributed by atoms with E-state index >= 15 is 0 Å². The second-order valence-corrected chi connectivity index (χ2v) is 6.50. The molecule has 1 nitrogen and oxygen atoms in total. The van der Waals surface area contributed by atoms with Gasteiger partial charge in [0.1, 0.15) is 5.75 Å². The molecule has 0 aliphatic carbocycles. The molecule has 0 radical (unpaired) electrons. The molecule has 0 heterocycles. The Morgan fingerprint density at radius 3 is 2.00 bits per heavy atom. The van der Waals surface area contributed by atoms with Gasteiger partial charge in [0.25, 0.3) is 0 Å². The first-order valence-electron chi connectivity index (χ1n) is 8.20. The van der Waals surface area contributed by atoms with Crippen molar-refractivity contribution in [3.05, 3.63) is 64.7 Å². The minimum absolute atomic E-state index is 0.314. The molecule has 0 fully saturated rings. The van der Waals surface area contributed by atoms with Crippen LogP contribution in [0, 0.1) is 12.8 Å². The molecule has 2 rings (SSSR count). The second-order valence-electron chi connectivity index (χ2n) is 6.50. The van der Waals surface area contributed by atoms with Crippen LogP contribution in [0.4, 0.5) is 13.2 Å². The summed E-state index contributed by atoms with van der Waals surface area (Å²) in [6, 6.07) is 11.1. The quantitative estimate of drug-likeness (QED) is 0.694. The highest BCUT2D eigenvalue weighted by Crippen LogP contribution is 2.29. The van der Waals surface area contributed by atoms with E-state index in [0.717, 1.165) is 48.9 Å². The molecular weight excluding hydrogens is 313 g/mol. The molecule has 0 aliphatic heterocycles. The van der Waals surface area contributed by atoms with Gasteiger partial charge < -0.3 is 5.11 Å². The Morgan fingerprint density at radius 1 is 0.917 bits per heavy atom. The van der Waals surface area contributed by atoms with Crippen molar-refractivity contribution in [3.8, 4) is 5.75 Å². The van der Waals surface area contributed by atoms with E-state index in [1.54, 1.807) is 18.2 Å². The van der Waals surface area contributed by atoms with Crippen LogP contribution in [0.2, 0.25) is 0 Å². The largest absolute Gasteiger partial charge is 0.508 e. The van der Waals surface area contributed by atoms with Gasteiger partial charge >= 0.3 is 6.18 Å². The number of alkyl halides is 3. The Kier molecular flexibility index (Phi) is 5.92. The van der Waals surface area contributed by atoms with Crippen molar-refractivity contribution in [2.75, 3.05) is 0 Å². The maximum absolute atomic E-state index is 12.5. The molecule has 2 aromatic carbocycles. The zero-order valence-electron chi connectivity index (χ0n) is 14.0. The molecule has 0 spiro atoms. The predicted octanol–water partition coefficient (Wildman–Crippen LogP) is 5.92. The molecule has 130 valence electrons. The third-order valence-corrected chi connectivity index (χ3v) is 4.39. The Labute approximate surface area is 141 Å². The molecule has 1 atom stereocenters. The molecule has 0 amide bonds. The van der Waals surface area contributed by atoms with Crippen molar-refractivity contribution in [1.82, 2.24) is 0 Å². The lowest BCUT2D eigenvalue weighted by atomic mass is 9.94. The van der Waals surface area contributed by atoms with Crippen molar-refractivity contribution in [2.45, 2.75) is 45.7 Å². The number of halogens is 3. The maximum atomic E-state index is 12.5. The summed E-state index contributed by atoms with van der Waals surface area (Å²) in [5.74, 6) is 0.801. The molecule has 2 aromatic rings. The average Bonchev–Trinajstić information content (AvgIpc) is 2.53. The van der Waals surface area contributed by atoms with Crippen molar-refractivity contribution in [2.24, 2.45) is 5.92 Å². The number of hydrogen-bond acceptors (Lipinski definition) is 1. The minimum atomic E-state index is -4.27. The number of aromatic hydroxyl groups is 1. The topological polar surface area (TPSA) is 20.2 Å². The smallest absolute Gasteiger partial charge is 0.416 e. The first kappa shape index (κ1) is 18.4. The third-order valence-electron chi connectivity index (χ3n) is 4.39. The van der Waals surface area contributed by atoms with Crippen LogP contribution in [0.1, 0.15) is 42.0 Å². The highest BCUT2D eigenvalue weighted by Gasteiger charge is 2.29. The molecule has 0 aromatic heterocycles. The van der Waals surface area contributed by atoms with Crippen molar-refractivity contribution in [3.63, 3.8) is 0 Å². The van der Waals surface area contributed by atoms with Gasteiger partial charge in [-0.05, 0) is 73.4 Å². The van der Waals surface area contributed by atoms with E-state index in [9.17, 15) is 18.3 Å². The van der Waals surface area contributed by atoms with E-state index in [4.69, 9.17) is 0 Å². The lowest BCUT2D eigenvalue weighted by Crippen LogP contribution is -2.05. The number of benzene rings is 2. The van der Waals surface area contributed by atoms with E-state index in [1.807, 2.05) is 19.1 Å². The monoisotopic (exact) mass is 336 g/mol. The van der Waals surface area contributed by atoms with Crippen molar-refractivity contribution < 1.29 is 18.3 Å². The van der Waals surface area contributed by atoms with Crippen LogP contribution in [0.25, 0.3) is 0 Å². The molecule has 0 bridgehead atoms. The van der Waals surface area contributed by atoms with Gasteiger partial charge in [0.05, 0.1) is 5.56 Å². The van der Waals surface area contributed by atoms with Crippen LogP contribution in [-0.2, 0) is 19.0 Å². The van der Waals surface area contributed by atoms with Gasteiger partial charge in [-0.15, -0.1) is 0 Å². The molecular formula is C20H23F3O. The Bertz CT molecular complexity index is 660. The first-order chi connectivity index (χ1) is 11.3. The number of phenolic OH excluding ortho intramolecular Hbond substituents is 1. The fraction of sp³-hybridized carbons (Fsp3) is 0.400. The SMILES string of the molecule is Cc1cc(CCC(C)CCc2ccc(C(F)(F)F)cc2)ccc1O. The lowest BCUT2D eigenvalue weighted by Gasteiger charge is -2.13. The van der Waals surface area contributed by atoms with Gasteiger partial charge in [0.2, 0.25) is 0 Å². The van der Waals surface area contributed by atoms with Crippen molar-refractivity contribution >= 4 is 0 Å². The van der Waals surface area contributed by atoms with Crippen LogP contribution >= 0.6 is 0 Å². The molecule has 1 N–H and O–H groups in total. The molecule has 24 heavy (non-hydrogen) atoms. The fourth-order valence-electron chi connectivity index (χ4n) is 2.70. The van der Waals surface area contributed by atoms with Crippen LogP contribution < -0.4 is 0 Å². The average molecular weight is 336 g/mol. The van der Waals surface area contributed by atoms with Gasteiger partial charge in [0, 0.05) is 0 Å².